The first kappa shape index (κ1) is 26.8. The average molecular weight is 577 g/mol. The first-order valence-corrected chi connectivity index (χ1v) is 13.7. The smallest absolute Gasteiger partial charge is 0.406 e. The van der Waals surface area contributed by atoms with Crippen molar-refractivity contribution >= 4 is 34.2 Å². The van der Waals surface area contributed by atoms with Gasteiger partial charge in [0.2, 0.25) is 0 Å². The predicted molar refractivity (Wildman–Crippen MR) is 151 cm³/mol. The number of nitrogens with zero attached hydrogens (tertiary/aromatic N) is 6. The van der Waals surface area contributed by atoms with E-state index < -0.39 is 6.36 Å². The van der Waals surface area contributed by atoms with E-state index in [1.165, 1.54) is 52.0 Å². The number of hydrazone groups is 1. The third-order valence-corrected chi connectivity index (χ3v) is 7.58. The summed E-state index contributed by atoms with van der Waals surface area (Å²) in [5, 5.41) is 11.2. The molecule has 0 N–H and O–H groups in total. The zero-order valence-corrected chi connectivity index (χ0v) is 22.8. The maximum Gasteiger partial charge on any atom is 0.573 e. The number of thioether (sulfide) groups is 1. The molecule has 8 nitrogen and oxygen atoms in total. The normalized spacial score (nSPS) is 17.1. The Morgan fingerprint density at radius 2 is 1.80 bits per heavy atom. The summed E-state index contributed by atoms with van der Waals surface area (Å²) in [6.45, 7) is 4.02. The molecular formula is C29H23F3N6O2S. The van der Waals surface area contributed by atoms with Crippen LogP contribution in [0.15, 0.2) is 77.1 Å². The number of fused-ring (bicyclic) bond motifs is 1. The predicted octanol–water partition coefficient (Wildman–Crippen LogP) is 6.36. The molecule has 0 bridgehead atoms. The third kappa shape index (κ3) is 5.73. The largest absolute Gasteiger partial charge is 0.573 e. The van der Waals surface area contributed by atoms with E-state index in [1.807, 2.05) is 44.2 Å². The number of alkyl halides is 3. The minimum Gasteiger partial charge on any atom is -0.406 e. The topological polar surface area (TPSA) is 85.0 Å². The number of hydrogen-bond acceptors (Lipinski definition) is 7. The minimum atomic E-state index is -4.75. The van der Waals surface area contributed by atoms with Gasteiger partial charge in [0.05, 0.1) is 22.8 Å². The van der Waals surface area contributed by atoms with Gasteiger partial charge in [0.1, 0.15) is 12.1 Å². The molecule has 6 rings (SSSR count). The number of carbonyl (C=O) groups excluding carboxylic acids is 1. The van der Waals surface area contributed by atoms with Crippen molar-refractivity contribution in [3.63, 3.8) is 0 Å². The summed E-state index contributed by atoms with van der Waals surface area (Å²) < 4.78 is 42.7. The molecule has 0 unspecified atom stereocenters. The van der Waals surface area contributed by atoms with Crippen LogP contribution in [0, 0.1) is 13.8 Å². The van der Waals surface area contributed by atoms with E-state index in [2.05, 4.69) is 20.9 Å². The number of hydrogen-bond donors (Lipinski definition) is 0. The van der Waals surface area contributed by atoms with Crippen molar-refractivity contribution in [2.45, 2.75) is 33.1 Å². The third-order valence-electron chi connectivity index (χ3n) is 6.66. The maximum absolute atomic E-state index is 12.7. The van der Waals surface area contributed by atoms with Crippen molar-refractivity contribution in [1.29, 1.82) is 0 Å². The first-order valence-electron chi connectivity index (χ1n) is 12.7. The Labute approximate surface area is 237 Å². The highest BCUT2D eigenvalue weighted by molar-refractivity contribution is 8.15. The highest BCUT2D eigenvalue weighted by atomic mass is 32.2. The zero-order valence-electron chi connectivity index (χ0n) is 22.0. The van der Waals surface area contributed by atoms with Gasteiger partial charge in [-0.05, 0) is 74.2 Å². The van der Waals surface area contributed by atoms with E-state index in [0.717, 1.165) is 45.6 Å². The van der Waals surface area contributed by atoms with Crippen molar-refractivity contribution in [1.82, 2.24) is 19.8 Å². The number of rotatable bonds is 5. The Balaban J connectivity index is 1.22. The number of aryl methyl sites for hydroxylation is 3. The monoisotopic (exact) mass is 576 g/mol. The molecule has 2 aliphatic rings. The van der Waals surface area contributed by atoms with E-state index in [1.54, 1.807) is 0 Å². The fraction of sp³-hybridized carbons (Fsp3) is 0.207. The number of ether oxygens (including phenoxy) is 1. The molecule has 0 saturated carbocycles. The highest BCUT2D eigenvalue weighted by Gasteiger charge is 2.32. The van der Waals surface area contributed by atoms with Crippen LogP contribution in [0.25, 0.3) is 17.1 Å². The summed E-state index contributed by atoms with van der Waals surface area (Å²) in [4.78, 5) is 21.8. The van der Waals surface area contributed by atoms with E-state index in [-0.39, 0.29) is 11.7 Å². The molecule has 4 aromatic rings. The van der Waals surface area contributed by atoms with Gasteiger partial charge in [-0.3, -0.25) is 4.79 Å². The van der Waals surface area contributed by atoms with Crippen LogP contribution in [0.4, 0.5) is 18.9 Å². The molecule has 1 aliphatic heterocycles. The van der Waals surface area contributed by atoms with Gasteiger partial charge in [0.25, 0.3) is 5.91 Å². The Morgan fingerprint density at radius 1 is 1.00 bits per heavy atom. The van der Waals surface area contributed by atoms with Crippen molar-refractivity contribution in [3.05, 3.63) is 89.2 Å². The van der Waals surface area contributed by atoms with Crippen LogP contribution < -0.4 is 4.74 Å². The second kappa shape index (κ2) is 10.5. The summed E-state index contributed by atoms with van der Waals surface area (Å²) in [6.07, 6.45) is -1.82. The van der Waals surface area contributed by atoms with Gasteiger partial charge >= 0.3 is 6.36 Å². The summed E-state index contributed by atoms with van der Waals surface area (Å²) >= 11 is 1.38. The Morgan fingerprint density at radius 3 is 2.56 bits per heavy atom. The van der Waals surface area contributed by atoms with Gasteiger partial charge in [0.15, 0.2) is 11.0 Å². The van der Waals surface area contributed by atoms with Crippen molar-refractivity contribution in [2.75, 3.05) is 5.75 Å². The number of halogens is 3. The molecule has 1 amide bonds. The summed E-state index contributed by atoms with van der Waals surface area (Å²) in [7, 11) is 0. The summed E-state index contributed by atoms with van der Waals surface area (Å²) in [6, 6.07) is 17.2. The van der Waals surface area contributed by atoms with E-state index in [9.17, 15) is 18.0 Å². The lowest BCUT2D eigenvalue weighted by Gasteiger charge is -2.12. The van der Waals surface area contributed by atoms with Crippen LogP contribution in [-0.2, 0) is 11.2 Å². The average Bonchev–Trinajstić information content (AvgIpc) is 3.65. The number of amides is 1. The molecule has 1 saturated heterocycles. The molecule has 1 aromatic heterocycles. The standard InChI is InChI=1S/C29H23F3N6O2S/c1-17-3-11-24(18(2)13-17)34-28-38(26(39)15-41-28)35-25-12-5-19-14-20(4-10-23(19)25)27-33-16-37(36-27)21-6-8-22(9-7-21)40-29(30,31)32/h3-4,6-11,13-14,16H,5,12,15H2,1-2H3. The first-order chi connectivity index (χ1) is 19.6. The van der Waals surface area contributed by atoms with Gasteiger partial charge < -0.3 is 4.74 Å². The molecule has 0 atom stereocenters. The number of aliphatic imine (C=N–C) groups is 1. The highest BCUT2D eigenvalue weighted by Crippen LogP contribution is 2.31. The second-order valence-electron chi connectivity index (χ2n) is 9.65. The molecule has 3 aromatic carbocycles. The Bertz CT molecular complexity index is 1710. The fourth-order valence-electron chi connectivity index (χ4n) is 4.72. The van der Waals surface area contributed by atoms with Crippen LogP contribution in [0.1, 0.15) is 28.7 Å². The van der Waals surface area contributed by atoms with Crippen LogP contribution in [0.5, 0.6) is 5.75 Å². The Hall–Kier alpha value is -4.45. The van der Waals surface area contributed by atoms with E-state index >= 15 is 0 Å². The number of amidine groups is 1. The number of carbonyl (C=O) groups is 1. The molecule has 0 spiro atoms. The Kier molecular flexibility index (Phi) is 6.86. The second-order valence-corrected chi connectivity index (χ2v) is 10.6. The summed E-state index contributed by atoms with van der Waals surface area (Å²) in [5.74, 6) is 0.348. The molecule has 1 fully saturated rings. The van der Waals surface area contributed by atoms with E-state index in [0.29, 0.717) is 28.9 Å². The molecule has 0 radical (unpaired) electrons. The molecule has 41 heavy (non-hydrogen) atoms. The minimum absolute atomic E-state index is 0.108. The van der Waals surface area contributed by atoms with Crippen molar-refractivity contribution < 1.29 is 22.7 Å². The molecule has 2 heterocycles. The number of aromatic nitrogens is 3. The van der Waals surface area contributed by atoms with Crippen LogP contribution in [0.3, 0.4) is 0 Å². The molecular weight excluding hydrogens is 553 g/mol. The zero-order chi connectivity index (χ0) is 28.7. The lowest BCUT2D eigenvalue weighted by atomic mass is 10.1. The fourth-order valence-corrected chi connectivity index (χ4v) is 5.52. The van der Waals surface area contributed by atoms with Crippen molar-refractivity contribution in [3.8, 4) is 22.8 Å². The van der Waals surface area contributed by atoms with Crippen molar-refractivity contribution in [2.24, 2.45) is 10.1 Å². The van der Waals surface area contributed by atoms with Crippen LogP contribution in [0.2, 0.25) is 0 Å². The van der Waals surface area contributed by atoms with Crippen LogP contribution in [-0.4, -0.2) is 48.7 Å². The lowest BCUT2D eigenvalue weighted by Crippen LogP contribution is -2.25. The summed E-state index contributed by atoms with van der Waals surface area (Å²) in [5.41, 5.74) is 7.18. The lowest BCUT2D eigenvalue weighted by molar-refractivity contribution is -0.274. The molecule has 1 aliphatic carbocycles. The van der Waals surface area contributed by atoms with Gasteiger partial charge in [-0.2, -0.15) is 10.1 Å². The SMILES string of the molecule is Cc1ccc(N=C2SCC(=O)N2N=C2CCc3cc(-c4ncn(-c5ccc(OC(F)(F)F)cc5)n4)ccc32)c(C)c1. The van der Waals surface area contributed by atoms with Crippen LogP contribution >= 0.6 is 11.8 Å². The van der Waals surface area contributed by atoms with Gasteiger partial charge in [-0.15, -0.1) is 18.3 Å². The van der Waals surface area contributed by atoms with Gasteiger partial charge in [-0.25, -0.2) is 14.7 Å². The molecule has 208 valence electrons. The maximum atomic E-state index is 12.7. The van der Waals surface area contributed by atoms with E-state index in [4.69, 9.17) is 10.1 Å². The number of benzene rings is 3. The van der Waals surface area contributed by atoms with Gasteiger partial charge in [-0.1, -0.05) is 41.6 Å². The quantitative estimate of drug-likeness (QED) is 0.276. The molecule has 12 heteroatoms. The van der Waals surface area contributed by atoms with Gasteiger partial charge in [0, 0.05) is 11.1 Å².